The molecule has 1 aromatic carbocycles. The van der Waals surface area contributed by atoms with Crippen LogP contribution in [-0.2, 0) is 6.54 Å². The number of aromatic nitrogens is 2. The van der Waals surface area contributed by atoms with Crippen LogP contribution in [0, 0.1) is 11.6 Å². The average Bonchev–Trinajstić information content (AvgIpc) is 2.91. The number of nitrogens with zero attached hydrogens (tertiary/aromatic N) is 2. The van der Waals surface area contributed by atoms with Gasteiger partial charge in [0.25, 0.3) is 0 Å². The molecule has 2 aromatic rings. The predicted octanol–water partition coefficient (Wildman–Crippen LogP) is 3.27. The lowest BCUT2D eigenvalue weighted by molar-refractivity contribution is 0.500. The van der Waals surface area contributed by atoms with E-state index in [-0.39, 0.29) is 0 Å². The highest BCUT2D eigenvalue weighted by molar-refractivity contribution is 5.29. The summed E-state index contributed by atoms with van der Waals surface area (Å²) in [7, 11) is 0. The molecule has 0 saturated heterocycles. The van der Waals surface area contributed by atoms with E-state index >= 15 is 0 Å². The monoisotopic (exact) mass is 279 g/mol. The zero-order valence-electron chi connectivity index (χ0n) is 11.7. The van der Waals surface area contributed by atoms with Crippen molar-refractivity contribution >= 4 is 0 Å². The summed E-state index contributed by atoms with van der Waals surface area (Å²) in [6.07, 6.45) is 2.59. The van der Waals surface area contributed by atoms with E-state index in [4.69, 9.17) is 0 Å². The van der Waals surface area contributed by atoms with Crippen molar-refractivity contribution in [1.29, 1.82) is 0 Å². The summed E-state index contributed by atoms with van der Waals surface area (Å²) in [6, 6.07) is 4.98. The first-order chi connectivity index (χ1) is 9.67. The molecule has 0 aliphatic carbocycles. The smallest absolute Gasteiger partial charge is 0.128 e. The highest BCUT2D eigenvalue weighted by atomic mass is 19.1. The molecule has 20 heavy (non-hydrogen) atoms. The van der Waals surface area contributed by atoms with Crippen LogP contribution in [0.15, 0.2) is 30.5 Å². The van der Waals surface area contributed by atoms with Crippen molar-refractivity contribution in [3.63, 3.8) is 0 Å². The van der Waals surface area contributed by atoms with Crippen molar-refractivity contribution in [2.24, 2.45) is 0 Å². The molecule has 1 unspecified atom stereocenters. The Kier molecular flexibility index (Phi) is 4.84. The van der Waals surface area contributed by atoms with Crippen molar-refractivity contribution < 1.29 is 8.78 Å². The van der Waals surface area contributed by atoms with Gasteiger partial charge in [0.15, 0.2) is 0 Å². The van der Waals surface area contributed by atoms with Gasteiger partial charge in [-0.05, 0) is 44.2 Å². The van der Waals surface area contributed by atoms with Crippen LogP contribution < -0.4 is 5.32 Å². The number of rotatable bonds is 6. The van der Waals surface area contributed by atoms with Gasteiger partial charge in [-0.25, -0.2) is 8.78 Å². The van der Waals surface area contributed by atoms with Crippen LogP contribution in [0.25, 0.3) is 0 Å². The van der Waals surface area contributed by atoms with Gasteiger partial charge in [-0.1, -0.05) is 6.92 Å². The summed E-state index contributed by atoms with van der Waals surface area (Å²) in [5, 5.41) is 7.47. The first-order valence-corrected chi connectivity index (χ1v) is 6.87. The second-order valence-electron chi connectivity index (χ2n) is 4.62. The van der Waals surface area contributed by atoms with Gasteiger partial charge in [-0.3, -0.25) is 4.68 Å². The van der Waals surface area contributed by atoms with Crippen LogP contribution in [0.2, 0.25) is 0 Å². The minimum absolute atomic E-state index is 0.314. The Morgan fingerprint density at radius 2 is 2.05 bits per heavy atom. The van der Waals surface area contributed by atoms with Gasteiger partial charge >= 0.3 is 0 Å². The molecule has 3 nitrogen and oxygen atoms in total. The number of benzene rings is 1. The van der Waals surface area contributed by atoms with Gasteiger partial charge in [0.05, 0.1) is 11.7 Å². The predicted molar refractivity (Wildman–Crippen MR) is 74.4 cm³/mol. The molecule has 0 bridgehead atoms. The third-order valence-corrected chi connectivity index (χ3v) is 3.21. The van der Waals surface area contributed by atoms with Gasteiger partial charge in [0, 0.05) is 18.3 Å². The van der Waals surface area contributed by atoms with Gasteiger partial charge in [-0.15, -0.1) is 0 Å². The summed E-state index contributed by atoms with van der Waals surface area (Å²) in [4.78, 5) is 0. The Morgan fingerprint density at radius 3 is 2.75 bits per heavy atom. The van der Waals surface area contributed by atoms with Crippen LogP contribution in [0.5, 0.6) is 0 Å². The molecule has 108 valence electrons. The highest BCUT2D eigenvalue weighted by Crippen LogP contribution is 2.25. The fraction of sp³-hybridized carbons (Fsp3) is 0.400. The third-order valence-electron chi connectivity index (χ3n) is 3.21. The van der Waals surface area contributed by atoms with E-state index in [1.807, 2.05) is 19.9 Å². The molecular weight excluding hydrogens is 260 g/mol. The summed E-state index contributed by atoms with van der Waals surface area (Å²) < 4.78 is 29.3. The van der Waals surface area contributed by atoms with Crippen LogP contribution in [0.1, 0.15) is 37.6 Å². The first-order valence-electron chi connectivity index (χ1n) is 6.87. The lowest BCUT2D eigenvalue weighted by atomic mass is 10.0. The maximum absolute atomic E-state index is 14.0. The van der Waals surface area contributed by atoms with E-state index in [9.17, 15) is 8.78 Å². The molecule has 5 heteroatoms. The van der Waals surface area contributed by atoms with Crippen LogP contribution >= 0.6 is 0 Å². The second-order valence-corrected chi connectivity index (χ2v) is 4.62. The van der Waals surface area contributed by atoms with Gasteiger partial charge in [0.2, 0.25) is 0 Å². The average molecular weight is 279 g/mol. The molecule has 0 spiro atoms. The van der Waals surface area contributed by atoms with E-state index in [0.717, 1.165) is 30.8 Å². The van der Waals surface area contributed by atoms with E-state index in [1.165, 1.54) is 6.07 Å². The first kappa shape index (κ1) is 14.7. The maximum Gasteiger partial charge on any atom is 0.128 e. The lowest BCUT2D eigenvalue weighted by Crippen LogP contribution is -2.26. The molecule has 0 fully saturated rings. The lowest BCUT2D eigenvalue weighted by Gasteiger charge is -2.20. The summed E-state index contributed by atoms with van der Waals surface area (Å²) in [5.41, 5.74) is 1.15. The minimum atomic E-state index is -0.438. The van der Waals surface area contributed by atoms with Crippen molar-refractivity contribution in [3.8, 4) is 0 Å². The number of nitrogens with one attached hydrogen (secondary N) is 1. The Hall–Kier alpha value is -1.75. The fourth-order valence-corrected chi connectivity index (χ4v) is 2.25. The number of aryl methyl sites for hydroxylation is 1. The molecular formula is C15H19F2N3. The van der Waals surface area contributed by atoms with Crippen LogP contribution in [0.4, 0.5) is 8.78 Å². The summed E-state index contributed by atoms with van der Waals surface area (Å²) >= 11 is 0. The van der Waals surface area contributed by atoms with Gasteiger partial charge < -0.3 is 5.32 Å². The number of hydrogen-bond acceptors (Lipinski definition) is 2. The SMILES string of the molecule is CCCNC(c1cc(F)ccc1F)c1ccnn1CC. The standard InChI is InChI=1S/C15H19F2N3/c1-3-8-18-15(14-7-9-19-20(14)4-2)12-10-11(16)5-6-13(12)17/h5-7,9-10,15,18H,3-4,8H2,1-2H3. The Bertz CT molecular complexity index is 566. The molecule has 1 heterocycles. The van der Waals surface area contributed by atoms with E-state index in [1.54, 1.807) is 10.9 Å². The fourth-order valence-electron chi connectivity index (χ4n) is 2.25. The molecule has 0 saturated carbocycles. The highest BCUT2D eigenvalue weighted by Gasteiger charge is 2.21. The molecule has 1 N–H and O–H groups in total. The molecule has 0 aliphatic rings. The minimum Gasteiger partial charge on any atom is -0.305 e. The summed E-state index contributed by atoms with van der Waals surface area (Å²) in [6.45, 7) is 5.40. The Morgan fingerprint density at radius 1 is 1.25 bits per heavy atom. The Labute approximate surface area is 117 Å². The molecule has 0 amide bonds. The molecule has 0 aliphatic heterocycles. The van der Waals surface area contributed by atoms with E-state index in [0.29, 0.717) is 12.1 Å². The zero-order chi connectivity index (χ0) is 14.5. The van der Waals surface area contributed by atoms with Crippen LogP contribution in [0.3, 0.4) is 0 Å². The number of halogens is 2. The largest absolute Gasteiger partial charge is 0.305 e. The van der Waals surface area contributed by atoms with Gasteiger partial charge in [0.1, 0.15) is 11.6 Å². The molecule has 1 aromatic heterocycles. The molecule has 0 radical (unpaired) electrons. The normalized spacial score (nSPS) is 12.6. The van der Waals surface area contributed by atoms with Crippen LogP contribution in [-0.4, -0.2) is 16.3 Å². The quantitative estimate of drug-likeness (QED) is 0.879. The van der Waals surface area contributed by atoms with Crippen molar-refractivity contribution in [1.82, 2.24) is 15.1 Å². The maximum atomic E-state index is 14.0. The number of hydrogen-bond donors (Lipinski definition) is 1. The zero-order valence-corrected chi connectivity index (χ0v) is 11.7. The summed E-state index contributed by atoms with van der Waals surface area (Å²) in [5.74, 6) is -0.851. The topological polar surface area (TPSA) is 29.9 Å². The van der Waals surface area contributed by atoms with E-state index < -0.39 is 17.7 Å². The second kappa shape index (κ2) is 6.61. The molecule has 2 rings (SSSR count). The Balaban J connectivity index is 2.44. The van der Waals surface area contributed by atoms with Gasteiger partial charge in [-0.2, -0.15) is 5.10 Å². The van der Waals surface area contributed by atoms with Crippen molar-refractivity contribution in [3.05, 3.63) is 53.4 Å². The molecule has 1 atom stereocenters. The van der Waals surface area contributed by atoms with E-state index in [2.05, 4.69) is 10.4 Å². The van der Waals surface area contributed by atoms with Crippen molar-refractivity contribution in [2.45, 2.75) is 32.9 Å². The third kappa shape index (κ3) is 3.04. The van der Waals surface area contributed by atoms with Crippen molar-refractivity contribution in [2.75, 3.05) is 6.54 Å².